The SMILES string of the molecule is C=P(C)(C)CC[C@H]1O[C@@H](n2c(I)nc3c(=O)[nH]c(N)nc32)[C@H](O)[C@@H]1O. The van der Waals surface area contributed by atoms with Gasteiger partial charge in [0.05, 0.1) is 6.10 Å². The number of nitrogen functional groups attached to an aromatic ring is 1. The van der Waals surface area contributed by atoms with Crippen molar-refractivity contribution in [3.8, 4) is 0 Å². The van der Waals surface area contributed by atoms with Crippen LogP contribution in [0.2, 0.25) is 0 Å². The molecule has 0 bridgehead atoms. The Hall–Kier alpha value is -0.940. The normalized spacial score (nSPS) is 27.2. The Morgan fingerprint density at radius 2 is 2.08 bits per heavy atom. The molecule has 3 heterocycles. The van der Waals surface area contributed by atoms with Gasteiger partial charge in [-0.3, -0.25) is 14.3 Å². The molecule has 9 nitrogen and oxygen atoms in total. The van der Waals surface area contributed by atoms with Crippen molar-refractivity contribution < 1.29 is 14.9 Å². The molecule has 138 valence electrons. The molecule has 1 fully saturated rings. The number of fused-ring (bicyclic) bond motifs is 1. The minimum absolute atomic E-state index is 0.0526. The summed E-state index contributed by atoms with van der Waals surface area (Å²) in [5.74, 6) is -0.0526. The molecule has 1 aliphatic heterocycles. The average molecular weight is 481 g/mol. The molecule has 0 aliphatic carbocycles. The molecule has 11 heteroatoms. The van der Waals surface area contributed by atoms with Gasteiger partial charge in [0.25, 0.3) is 5.56 Å². The first-order valence-corrected chi connectivity index (χ1v) is 11.8. The molecule has 0 aromatic carbocycles. The maximum atomic E-state index is 12.0. The molecule has 1 aliphatic rings. The van der Waals surface area contributed by atoms with E-state index in [1.54, 1.807) is 0 Å². The van der Waals surface area contributed by atoms with Crippen LogP contribution in [0.15, 0.2) is 4.79 Å². The molecule has 2 aromatic rings. The molecule has 0 radical (unpaired) electrons. The monoisotopic (exact) mass is 481 g/mol. The molecule has 5 N–H and O–H groups in total. The van der Waals surface area contributed by atoms with Gasteiger partial charge in [-0.25, -0.2) is 4.98 Å². The third kappa shape index (κ3) is 3.63. The summed E-state index contributed by atoms with van der Waals surface area (Å²) in [5.41, 5.74) is 5.48. The number of ether oxygens (including phenoxy) is 1. The van der Waals surface area contributed by atoms with Crippen LogP contribution < -0.4 is 11.3 Å². The van der Waals surface area contributed by atoms with Crippen molar-refractivity contribution in [3.05, 3.63) is 14.2 Å². The van der Waals surface area contributed by atoms with Gasteiger partial charge in [-0.1, -0.05) is 0 Å². The number of H-pyrrole nitrogens is 1. The van der Waals surface area contributed by atoms with E-state index in [9.17, 15) is 15.0 Å². The number of aromatic nitrogens is 4. The van der Waals surface area contributed by atoms with Crippen LogP contribution in [0, 0.1) is 3.83 Å². The number of nitrogens with one attached hydrogen (secondary N) is 1. The fraction of sp³-hybridized carbons (Fsp3) is 0.571. The maximum absolute atomic E-state index is 12.0. The quantitative estimate of drug-likeness (QED) is 0.275. The summed E-state index contributed by atoms with van der Waals surface area (Å²) >= 11 is 1.93. The van der Waals surface area contributed by atoms with E-state index >= 15 is 0 Å². The summed E-state index contributed by atoms with van der Waals surface area (Å²) in [6, 6.07) is 0. The zero-order chi connectivity index (χ0) is 18.5. The number of rotatable bonds is 4. The Kier molecular flexibility index (Phi) is 5.02. The Balaban J connectivity index is 1.97. The van der Waals surface area contributed by atoms with E-state index < -0.39 is 37.0 Å². The van der Waals surface area contributed by atoms with Gasteiger partial charge in [0.2, 0.25) is 5.95 Å². The second kappa shape index (κ2) is 6.66. The number of halogens is 1. The summed E-state index contributed by atoms with van der Waals surface area (Å²) in [7, 11) is 0. The third-order valence-electron chi connectivity index (χ3n) is 4.14. The number of aliphatic hydroxyl groups excluding tert-OH is 2. The molecule has 0 unspecified atom stereocenters. The molecule has 3 rings (SSSR count). The smallest absolute Gasteiger partial charge is 0.280 e. The van der Waals surface area contributed by atoms with Crippen LogP contribution in [-0.2, 0) is 4.74 Å². The number of anilines is 1. The average Bonchev–Trinajstić information content (AvgIpc) is 2.95. The zero-order valence-electron chi connectivity index (χ0n) is 13.9. The van der Waals surface area contributed by atoms with E-state index in [0.717, 1.165) is 6.16 Å². The third-order valence-corrected chi connectivity index (χ3v) is 6.37. The van der Waals surface area contributed by atoms with Gasteiger partial charge in [-0.2, -0.15) is 4.98 Å². The van der Waals surface area contributed by atoms with Gasteiger partial charge < -0.3 is 20.7 Å². The van der Waals surface area contributed by atoms with Crippen LogP contribution in [0.1, 0.15) is 12.6 Å². The van der Waals surface area contributed by atoms with E-state index in [-0.39, 0.29) is 17.1 Å². The highest BCUT2D eigenvalue weighted by atomic mass is 127. The Morgan fingerprint density at radius 1 is 1.40 bits per heavy atom. The van der Waals surface area contributed by atoms with Crippen molar-refractivity contribution in [2.75, 3.05) is 25.2 Å². The van der Waals surface area contributed by atoms with Crippen molar-refractivity contribution in [2.45, 2.75) is 31.0 Å². The number of nitrogens with zero attached hydrogens (tertiary/aromatic N) is 3. The lowest BCUT2D eigenvalue weighted by Crippen LogP contribution is -2.32. The van der Waals surface area contributed by atoms with Gasteiger partial charge in [0.1, 0.15) is 12.2 Å². The van der Waals surface area contributed by atoms with Gasteiger partial charge in [-0.05, 0) is 25.9 Å². The van der Waals surface area contributed by atoms with Gasteiger partial charge in [0.15, 0.2) is 21.2 Å². The highest BCUT2D eigenvalue weighted by Gasteiger charge is 2.44. The molecule has 4 atom stereocenters. The topological polar surface area (TPSA) is 139 Å². The fourth-order valence-electron chi connectivity index (χ4n) is 2.86. The molecular weight excluding hydrogens is 460 g/mol. The van der Waals surface area contributed by atoms with Crippen molar-refractivity contribution >= 4 is 52.9 Å². The van der Waals surface area contributed by atoms with Crippen LogP contribution >= 0.6 is 29.5 Å². The first kappa shape index (κ1) is 18.8. The van der Waals surface area contributed by atoms with Crippen molar-refractivity contribution in [1.29, 1.82) is 0 Å². The summed E-state index contributed by atoms with van der Waals surface area (Å²) in [5, 5.41) is 20.8. The molecule has 25 heavy (non-hydrogen) atoms. The molecule has 0 amide bonds. The lowest BCUT2D eigenvalue weighted by molar-refractivity contribution is -0.0367. The van der Waals surface area contributed by atoms with Crippen molar-refractivity contribution in [2.24, 2.45) is 0 Å². The van der Waals surface area contributed by atoms with E-state index in [2.05, 4.69) is 34.6 Å². The number of nitrogens with two attached hydrogens (primary N) is 1. The Bertz CT molecular complexity index is 906. The van der Waals surface area contributed by atoms with Crippen LogP contribution in [0.5, 0.6) is 0 Å². The first-order valence-electron chi connectivity index (χ1n) is 7.70. The predicted molar refractivity (Wildman–Crippen MR) is 107 cm³/mol. The number of aliphatic hydroxyl groups is 2. The number of hydrogen-bond acceptors (Lipinski definition) is 7. The minimum atomic E-state index is -1.27. The molecule has 1 saturated heterocycles. The number of aromatic amines is 1. The second-order valence-corrected chi connectivity index (χ2v) is 12.2. The number of hydrogen-bond donors (Lipinski definition) is 4. The summed E-state index contributed by atoms with van der Waals surface area (Å²) in [6.45, 7) is 2.94. The lowest BCUT2D eigenvalue weighted by atomic mass is 10.1. The van der Waals surface area contributed by atoms with Crippen molar-refractivity contribution in [3.63, 3.8) is 0 Å². The zero-order valence-corrected chi connectivity index (χ0v) is 16.9. The maximum Gasteiger partial charge on any atom is 0.280 e. The fourth-order valence-corrected chi connectivity index (χ4v) is 4.56. The Morgan fingerprint density at radius 3 is 2.72 bits per heavy atom. The van der Waals surface area contributed by atoms with E-state index in [1.807, 2.05) is 22.6 Å². The van der Waals surface area contributed by atoms with Crippen molar-refractivity contribution in [1.82, 2.24) is 19.5 Å². The first-order chi connectivity index (χ1) is 11.6. The van der Waals surface area contributed by atoms with Gasteiger partial charge in [-0.15, -0.1) is 13.2 Å². The van der Waals surface area contributed by atoms with Gasteiger partial charge in [0, 0.05) is 22.6 Å². The number of imidazole rings is 1. The summed E-state index contributed by atoms with van der Waals surface area (Å²) in [4.78, 5) is 22.7. The standard InChI is InChI=1S/C14H21IN5O4P/c1-25(2,3)5-4-6-8(21)9(22)12(24-6)20-10-7(17-13(20)15)11(23)19-14(16)18-10/h6,8-9,12,21-22H,1,4-5H2,2-3H3,(H3,16,18,19,23)/t6-,8-,9-,12-/m1/s1. The summed E-state index contributed by atoms with van der Waals surface area (Å²) in [6.07, 6.45) is 1.97. The molecule has 0 spiro atoms. The van der Waals surface area contributed by atoms with Crippen LogP contribution in [-0.4, -0.2) is 73.8 Å². The largest absolute Gasteiger partial charge is 0.388 e. The highest BCUT2D eigenvalue weighted by molar-refractivity contribution is 14.1. The van der Waals surface area contributed by atoms with Gasteiger partial charge >= 0.3 is 0 Å². The van der Waals surface area contributed by atoms with E-state index in [0.29, 0.717) is 10.3 Å². The predicted octanol–water partition coefficient (Wildman–Crippen LogP) is 0.0249. The molecule has 0 saturated carbocycles. The Labute approximate surface area is 157 Å². The van der Waals surface area contributed by atoms with Crippen LogP contribution in [0.3, 0.4) is 0 Å². The summed E-state index contributed by atoms with van der Waals surface area (Å²) < 4.78 is 7.82. The second-order valence-electron chi connectivity index (χ2n) is 6.87. The highest BCUT2D eigenvalue weighted by Crippen LogP contribution is 2.40. The minimum Gasteiger partial charge on any atom is -0.388 e. The van der Waals surface area contributed by atoms with Crippen LogP contribution in [0.4, 0.5) is 5.95 Å². The van der Waals surface area contributed by atoms with E-state index in [1.165, 1.54) is 4.57 Å². The van der Waals surface area contributed by atoms with E-state index in [4.69, 9.17) is 10.5 Å². The van der Waals surface area contributed by atoms with Crippen LogP contribution in [0.25, 0.3) is 11.2 Å². The molecular formula is C14H21IN5O4P. The molecule has 2 aromatic heterocycles. The lowest BCUT2D eigenvalue weighted by Gasteiger charge is -2.19.